The van der Waals surface area contributed by atoms with Crippen molar-refractivity contribution in [3.05, 3.63) is 20.8 Å². The van der Waals surface area contributed by atoms with Crippen molar-refractivity contribution in [1.29, 1.82) is 0 Å². The highest BCUT2D eigenvalue weighted by Crippen LogP contribution is 2.19. The lowest BCUT2D eigenvalue weighted by Crippen LogP contribution is -2.29. The molecule has 0 fully saturated rings. The Morgan fingerprint density at radius 1 is 1.17 bits per heavy atom. The molecule has 0 aliphatic carbocycles. The number of aromatic amines is 1. The monoisotopic (exact) mass is 335 g/mol. The van der Waals surface area contributed by atoms with Crippen LogP contribution in [0.1, 0.15) is 13.8 Å². The summed E-state index contributed by atoms with van der Waals surface area (Å²) in [6, 6.07) is 0. The molecule has 0 saturated heterocycles. The molecule has 0 radical (unpaired) electrons. The van der Waals surface area contributed by atoms with Crippen LogP contribution in [-0.4, -0.2) is 49.4 Å². The fourth-order valence-corrected chi connectivity index (χ4v) is 2.92. The maximum Gasteiger partial charge on any atom is 0.329 e. The predicted octanol–water partition coefficient (Wildman–Crippen LogP) is 0.398. The Balaban J connectivity index is 2.16. The predicted molar refractivity (Wildman–Crippen MR) is 92.9 cm³/mol. The van der Waals surface area contributed by atoms with E-state index in [2.05, 4.69) is 40.6 Å². The van der Waals surface area contributed by atoms with Gasteiger partial charge in [-0.15, -0.1) is 0 Å². The molecule has 2 aromatic rings. The molecule has 0 unspecified atom stereocenters. The van der Waals surface area contributed by atoms with Gasteiger partial charge in [-0.1, -0.05) is 37.5 Å². The van der Waals surface area contributed by atoms with E-state index in [-0.39, 0.29) is 0 Å². The molecule has 0 atom stereocenters. The van der Waals surface area contributed by atoms with Crippen molar-refractivity contribution in [2.75, 3.05) is 25.4 Å². The first-order valence-corrected chi connectivity index (χ1v) is 8.44. The second kappa shape index (κ2) is 7.53. The van der Waals surface area contributed by atoms with Crippen molar-refractivity contribution >= 4 is 22.9 Å². The number of fused-ring (bicyclic) bond motifs is 1. The largest absolute Gasteiger partial charge is 0.329 e. The molecule has 0 aliphatic rings. The Morgan fingerprint density at radius 2 is 1.87 bits per heavy atom. The van der Waals surface area contributed by atoms with E-state index < -0.39 is 11.2 Å². The van der Waals surface area contributed by atoms with Gasteiger partial charge in [-0.05, 0) is 13.1 Å². The second-order valence-electron chi connectivity index (χ2n) is 5.05. The van der Waals surface area contributed by atoms with Crippen LogP contribution < -0.4 is 11.2 Å². The van der Waals surface area contributed by atoms with Crippen LogP contribution in [0, 0.1) is 11.8 Å². The van der Waals surface area contributed by atoms with Crippen LogP contribution in [0.3, 0.4) is 0 Å². The third-order valence-corrected chi connectivity index (χ3v) is 4.60. The second-order valence-corrected chi connectivity index (χ2v) is 5.99. The first kappa shape index (κ1) is 17.4. The Bertz CT molecular complexity index is 864. The number of nitrogens with one attached hydrogen (secondary N) is 1. The zero-order chi connectivity index (χ0) is 17.0. The van der Waals surface area contributed by atoms with Gasteiger partial charge in [-0.2, -0.15) is 0 Å². The number of rotatable bonds is 5. The molecule has 0 amide bonds. The van der Waals surface area contributed by atoms with E-state index >= 15 is 0 Å². The van der Waals surface area contributed by atoms with Gasteiger partial charge >= 0.3 is 5.69 Å². The summed E-state index contributed by atoms with van der Waals surface area (Å²) in [4.78, 5) is 32.5. The zero-order valence-corrected chi connectivity index (χ0v) is 14.7. The first-order chi connectivity index (χ1) is 11.0. The van der Waals surface area contributed by atoms with Crippen LogP contribution in [-0.2, 0) is 14.1 Å². The van der Waals surface area contributed by atoms with Gasteiger partial charge in [0, 0.05) is 14.1 Å². The Labute approximate surface area is 138 Å². The van der Waals surface area contributed by atoms with E-state index in [1.807, 2.05) is 0 Å². The van der Waals surface area contributed by atoms with E-state index in [9.17, 15) is 9.59 Å². The van der Waals surface area contributed by atoms with E-state index in [1.54, 1.807) is 18.7 Å². The highest BCUT2D eigenvalue weighted by Gasteiger charge is 2.14. The number of thioether (sulfide) groups is 1. The average molecular weight is 335 g/mol. The number of hydrogen-bond acceptors (Lipinski definition) is 5. The average Bonchev–Trinajstić information content (AvgIpc) is 2.86. The number of aryl methyl sites for hydroxylation is 2. The molecule has 7 nitrogen and oxygen atoms in total. The maximum atomic E-state index is 11.9. The van der Waals surface area contributed by atoms with Crippen molar-refractivity contribution in [1.82, 2.24) is 24.0 Å². The standard InChI is InChI=1S/C15H21N5O2S/c1-5-20(6-2)9-7-8-10-23-15-16-12-11(18(15)3)13(21)17-14(22)19(12)4/h5-6,9-10H2,1-4H3,(H,17,21,22). The van der Waals surface area contributed by atoms with Crippen LogP contribution in [0.25, 0.3) is 11.2 Å². The van der Waals surface area contributed by atoms with Gasteiger partial charge in [-0.3, -0.25) is 19.2 Å². The molecular weight excluding hydrogens is 314 g/mol. The van der Waals surface area contributed by atoms with Crippen molar-refractivity contribution in [2.45, 2.75) is 19.0 Å². The number of hydrogen-bond donors (Lipinski definition) is 1. The lowest BCUT2D eigenvalue weighted by atomic mass is 10.5. The van der Waals surface area contributed by atoms with E-state index in [1.165, 1.54) is 16.3 Å². The van der Waals surface area contributed by atoms with Crippen LogP contribution in [0.5, 0.6) is 0 Å². The smallest absolute Gasteiger partial charge is 0.316 e. The number of imidazole rings is 1. The quantitative estimate of drug-likeness (QED) is 0.632. The Hall–Kier alpha value is -1.98. The maximum absolute atomic E-state index is 11.9. The molecule has 2 rings (SSSR count). The highest BCUT2D eigenvalue weighted by atomic mass is 32.2. The minimum atomic E-state index is -0.462. The lowest BCUT2D eigenvalue weighted by Gasteiger charge is -2.13. The Morgan fingerprint density at radius 3 is 2.52 bits per heavy atom. The summed E-state index contributed by atoms with van der Waals surface area (Å²) in [5.74, 6) is 6.83. The molecule has 124 valence electrons. The fourth-order valence-electron chi connectivity index (χ4n) is 2.18. The number of H-pyrrole nitrogens is 1. The molecular formula is C15H21N5O2S. The molecule has 0 spiro atoms. The molecule has 2 aromatic heterocycles. The summed E-state index contributed by atoms with van der Waals surface area (Å²) in [7, 11) is 3.35. The van der Waals surface area contributed by atoms with Gasteiger partial charge in [0.1, 0.15) is 0 Å². The summed E-state index contributed by atoms with van der Waals surface area (Å²) in [5, 5.41) is 0.670. The minimum absolute atomic E-state index is 0.389. The van der Waals surface area contributed by atoms with Crippen molar-refractivity contribution in [3.63, 3.8) is 0 Å². The highest BCUT2D eigenvalue weighted by molar-refractivity contribution is 7.99. The molecule has 0 aromatic carbocycles. The zero-order valence-electron chi connectivity index (χ0n) is 13.8. The van der Waals surface area contributed by atoms with Gasteiger partial charge < -0.3 is 4.57 Å². The number of aromatic nitrogens is 4. The molecule has 0 aliphatic heterocycles. The summed E-state index contributed by atoms with van der Waals surface area (Å²) >= 11 is 1.45. The molecule has 0 saturated carbocycles. The third kappa shape index (κ3) is 3.68. The summed E-state index contributed by atoms with van der Waals surface area (Å²) in [6.45, 7) is 6.95. The van der Waals surface area contributed by atoms with Crippen molar-refractivity contribution in [2.24, 2.45) is 14.1 Å². The minimum Gasteiger partial charge on any atom is -0.316 e. The third-order valence-electron chi connectivity index (χ3n) is 3.69. The van der Waals surface area contributed by atoms with E-state index in [0.717, 1.165) is 19.6 Å². The van der Waals surface area contributed by atoms with Gasteiger partial charge in [-0.25, -0.2) is 9.78 Å². The van der Waals surface area contributed by atoms with Crippen molar-refractivity contribution < 1.29 is 0 Å². The van der Waals surface area contributed by atoms with E-state index in [0.29, 0.717) is 22.1 Å². The normalized spacial score (nSPS) is 11.0. The van der Waals surface area contributed by atoms with Gasteiger partial charge in [0.05, 0.1) is 12.3 Å². The van der Waals surface area contributed by atoms with Gasteiger partial charge in [0.2, 0.25) is 0 Å². The van der Waals surface area contributed by atoms with Crippen LogP contribution in [0.4, 0.5) is 0 Å². The van der Waals surface area contributed by atoms with Gasteiger partial charge in [0.25, 0.3) is 5.56 Å². The fraction of sp³-hybridized carbons (Fsp3) is 0.533. The molecule has 23 heavy (non-hydrogen) atoms. The number of nitrogens with zero attached hydrogens (tertiary/aromatic N) is 4. The first-order valence-electron chi connectivity index (χ1n) is 7.46. The molecule has 2 heterocycles. The summed E-state index contributed by atoms with van der Waals surface area (Å²) in [6.07, 6.45) is 0. The lowest BCUT2D eigenvalue weighted by molar-refractivity contribution is 0.342. The Kier molecular flexibility index (Phi) is 5.69. The van der Waals surface area contributed by atoms with Crippen molar-refractivity contribution in [3.8, 4) is 11.8 Å². The molecule has 0 bridgehead atoms. The molecule has 1 N–H and O–H groups in total. The summed E-state index contributed by atoms with van der Waals surface area (Å²) < 4.78 is 3.04. The topological polar surface area (TPSA) is 75.9 Å². The molecule has 8 heteroatoms. The van der Waals surface area contributed by atoms with E-state index in [4.69, 9.17) is 0 Å². The SMILES string of the molecule is CCN(CC)CC#CCSc1nc2c(c(=O)[nH]c(=O)n2C)n1C. The van der Waals surface area contributed by atoms with Gasteiger partial charge in [0.15, 0.2) is 16.3 Å². The van der Waals surface area contributed by atoms with Crippen LogP contribution in [0.2, 0.25) is 0 Å². The van der Waals surface area contributed by atoms with Crippen LogP contribution >= 0.6 is 11.8 Å². The summed E-state index contributed by atoms with van der Waals surface area (Å²) in [5.41, 5.74) is -0.0979. The van der Waals surface area contributed by atoms with Crippen LogP contribution in [0.15, 0.2) is 14.7 Å².